The minimum absolute atomic E-state index is 0. The van der Waals surface area contributed by atoms with Gasteiger partial charge in [0.15, 0.2) is 0 Å². The van der Waals surface area contributed by atoms with Gasteiger partial charge in [-0.15, -0.1) is 0 Å². The van der Waals surface area contributed by atoms with Gasteiger partial charge in [0.05, 0.1) is 0 Å². The van der Waals surface area contributed by atoms with Crippen LogP contribution in [0.3, 0.4) is 0 Å². The average Bonchev–Trinajstić information content (AvgIpc) is 1.35. The molecule has 0 amide bonds. The van der Waals surface area contributed by atoms with Gasteiger partial charge >= 0.3 is 44.1 Å². The molecular formula is CF3Ge2S. The van der Waals surface area contributed by atoms with E-state index in [2.05, 4.69) is 0 Å². The quantitative estimate of drug-likeness (QED) is 0.573. The molecule has 0 heterocycles. The van der Waals surface area contributed by atoms with Crippen molar-refractivity contribution in [3.8, 4) is 0 Å². The summed E-state index contributed by atoms with van der Waals surface area (Å²) >= 11 is 1.00. The fourth-order valence-electron chi connectivity index (χ4n) is 0. The maximum absolute atomic E-state index is 10.7. The Morgan fingerprint density at radius 2 is 1.43 bits per heavy atom. The Morgan fingerprint density at radius 1 is 1.29 bits per heavy atom. The Labute approximate surface area is 61.8 Å². The van der Waals surface area contributed by atoms with Crippen molar-refractivity contribution in [2.75, 3.05) is 0 Å². The molecule has 0 bridgehead atoms. The number of alkyl halides is 3. The largest absolute Gasteiger partial charge is 0 e. The number of halogens is 3. The molecule has 6 heteroatoms. The molecule has 0 rings (SSSR count). The molecule has 0 aromatic rings. The monoisotopic (exact) mass is 249 g/mol. The Hall–Kier alpha value is 1.23. The number of rotatable bonds is 0. The second kappa shape index (κ2) is 4.14. The minimum atomic E-state index is -4.04. The zero-order chi connectivity index (χ0) is 5.21. The molecule has 0 aliphatic heterocycles. The molecular weight excluding hydrogens is 246 g/mol. The third-order valence-corrected chi connectivity index (χ3v) is 1.80. The van der Waals surface area contributed by atoms with Gasteiger partial charge in [0.25, 0.3) is 0 Å². The molecule has 39 valence electrons. The molecule has 0 nitrogen and oxygen atoms in total. The molecule has 0 atom stereocenters. The fourth-order valence-corrected chi connectivity index (χ4v) is 0. The van der Waals surface area contributed by atoms with E-state index in [9.17, 15) is 13.2 Å². The molecule has 0 aliphatic carbocycles. The number of hydrogen-bond donors (Lipinski definition) is 0. The van der Waals surface area contributed by atoms with Crippen LogP contribution < -0.4 is 0 Å². The van der Waals surface area contributed by atoms with Gasteiger partial charge in [-0.2, -0.15) is 0 Å². The van der Waals surface area contributed by atoms with E-state index in [1.807, 2.05) is 0 Å². The molecule has 0 aromatic carbocycles. The van der Waals surface area contributed by atoms with Crippen molar-refractivity contribution >= 4 is 43.1 Å². The molecule has 0 saturated heterocycles. The molecule has 0 fully saturated rings. The van der Waals surface area contributed by atoms with Gasteiger partial charge < -0.3 is 0 Å². The van der Waals surface area contributed by atoms with Crippen LogP contribution in [0.2, 0.25) is 0 Å². The van der Waals surface area contributed by atoms with Gasteiger partial charge in [-0.3, -0.25) is 0 Å². The first-order valence-electron chi connectivity index (χ1n) is 0.975. The van der Waals surface area contributed by atoms with Gasteiger partial charge in [-0.05, 0) is 0 Å². The first-order valence-corrected chi connectivity index (χ1v) is 4.36. The van der Waals surface area contributed by atoms with Crippen molar-refractivity contribution in [2.45, 2.75) is 5.51 Å². The smallest absolute Gasteiger partial charge is 0 e. The first-order chi connectivity index (χ1) is 2.56. The van der Waals surface area contributed by atoms with Gasteiger partial charge in [0, 0.05) is 17.6 Å². The van der Waals surface area contributed by atoms with Crippen LogP contribution in [0.25, 0.3) is 0 Å². The van der Waals surface area contributed by atoms with Crippen LogP contribution in [0, 0.1) is 0 Å². The Kier molecular flexibility index (Phi) is 6.55. The summed E-state index contributed by atoms with van der Waals surface area (Å²) in [6, 6.07) is 0. The van der Waals surface area contributed by atoms with E-state index in [0.717, 1.165) is 15.4 Å². The van der Waals surface area contributed by atoms with E-state index in [1.165, 1.54) is 0 Å². The predicted octanol–water partition coefficient (Wildman–Crippen LogP) is 0.942. The van der Waals surface area contributed by atoms with Crippen molar-refractivity contribution in [1.82, 2.24) is 0 Å². The van der Waals surface area contributed by atoms with Crippen LogP contribution in [-0.4, -0.2) is 38.5 Å². The van der Waals surface area contributed by atoms with E-state index in [4.69, 9.17) is 0 Å². The molecule has 0 N–H and O–H groups in total. The topological polar surface area (TPSA) is 0 Å². The Balaban J connectivity index is 0. The predicted molar refractivity (Wildman–Crippen MR) is 25.2 cm³/mol. The zero-order valence-corrected chi connectivity index (χ0v) is 8.05. The van der Waals surface area contributed by atoms with E-state index >= 15 is 0 Å². The second-order valence-electron chi connectivity index (χ2n) is 0.548. The van der Waals surface area contributed by atoms with Crippen LogP contribution in [0.4, 0.5) is 13.2 Å². The molecule has 0 aliphatic rings. The van der Waals surface area contributed by atoms with Gasteiger partial charge in [0.2, 0.25) is 0 Å². The molecule has 0 aromatic heterocycles. The summed E-state index contributed by atoms with van der Waals surface area (Å²) in [6.45, 7) is 0. The molecule has 0 unspecified atom stereocenters. The second-order valence-corrected chi connectivity index (χ2v) is 2.50. The van der Waals surface area contributed by atoms with Crippen molar-refractivity contribution in [1.29, 1.82) is 0 Å². The first kappa shape index (κ1) is 11.1. The summed E-state index contributed by atoms with van der Waals surface area (Å²) in [5.74, 6) is 0. The van der Waals surface area contributed by atoms with Crippen molar-refractivity contribution in [2.24, 2.45) is 0 Å². The fraction of sp³-hybridized carbons (Fsp3) is 1.00. The van der Waals surface area contributed by atoms with Crippen LogP contribution >= 0.6 is 10.1 Å². The summed E-state index contributed by atoms with van der Waals surface area (Å²) in [6.07, 6.45) is 0. The van der Waals surface area contributed by atoms with Gasteiger partial charge in [-0.1, -0.05) is 0 Å². The molecule has 7 radical (unpaired) electrons. The van der Waals surface area contributed by atoms with E-state index in [1.54, 1.807) is 0 Å². The molecule has 0 spiro atoms. The van der Waals surface area contributed by atoms with Crippen LogP contribution in [-0.2, 0) is 0 Å². The minimum Gasteiger partial charge on any atom is 0 e. The third-order valence-electron chi connectivity index (χ3n) is 0.116. The summed E-state index contributed by atoms with van der Waals surface area (Å²) in [7, 11) is -0.118. The van der Waals surface area contributed by atoms with Crippen LogP contribution in [0.1, 0.15) is 0 Å². The maximum Gasteiger partial charge on any atom is 0 e. The average molecular weight is 246 g/mol. The van der Waals surface area contributed by atoms with Crippen molar-refractivity contribution in [3.63, 3.8) is 0 Å². The summed E-state index contributed by atoms with van der Waals surface area (Å²) in [5.41, 5.74) is -4.04. The van der Waals surface area contributed by atoms with Crippen LogP contribution in [0.5, 0.6) is 0 Å². The van der Waals surface area contributed by atoms with Gasteiger partial charge in [0.1, 0.15) is 0 Å². The van der Waals surface area contributed by atoms with Crippen LogP contribution in [0.15, 0.2) is 0 Å². The van der Waals surface area contributed by atoms with E-state index < -0.39 is 5.51 Å². The van der Waals surface area contributed by atoms with Crippen molar-refractivity contribution < 1.29 is 13.2 Å². The Bertz CT molecular complexity index is 42.7. The third kappa shape index (κ3) is 11.1. The maximum atomic E-state index is 10.7. The summed E-state index contributed by atoms with van der Waals surface area (Å²) in [5, 5.41) is 0. The summed E-state index contributed by atoms with van der Waals surface area (Å²) in [4.78, 5) is 0. The van der Waals surface area contributed by atoms with Crippen molar-refractivity contribution in [3.05, 3.63) is 0 Å². The van der Waals surface area contributed by atoms with E-state index in [-0.39, 0.29) is 27.7 Å². The summed E-state index contributed by atoms with van der Waals surface area (Å²) < 4.78 is 32.2. The van der Waals surface area contributed by atoms with Gasteiger partial charge in [-0.25, -0.2) is 0 Å². The Morgan fingerprint density at radius 3 is 1.43 bits per heavy atom. The molecule has 7 heavy (non-hydrogen) atoms. The number of hydrogen-bond acceptors (Lipinski definition) is 1. The normalized spacial score (nSPS) is 10.3. The standard InChI is InChI=1S/CF3GeS.Ge/c2-1(3,4)6-5;. The zero-order valence-electron chi connectivity index (χ0n) is 3.04. The van der Waals surface area contributed by atoms with E-state index in [0.29, 0.717) is 0 Å². The molecule has 0 saturated carbocycles. The SMILES string of the molecule is FC(F)(F)[S][Ge].[Ge].